The summed E-state index contributed by atoms with van der Waals surface area (Å²) in [5, 5.41) is 7.73. The second kappa shape index (κ2) is 3.14. The summed E-state index contributed by atoms with van der Waals surface area (Å²) in [5.74, 6) is 0. The molecule has 0 aliphatic carbocycles. The summed E-state index contributed by atoms with van der Waals surface area (Å²) in [6.07, 6.45) is 7.75. The highest BCUT2D eigenvalue weighted by atomic mass is 15.2. The van der Waals surface area contributed by atoms with Gasteiger partial charge >= 0.3 is 0 Å². The van der Waals surface area contributed by atoms with Gasteiger partial charge in [0.1, 0.15) is 0 Å². The summed E-state index contributed by atoms with van der Waals surface area (Å²) in [6.45, 7) is 3.46. The third-order valence-electron chi connectivity index (χ3n) is 2.81. The normalized spacial score (nSPS) is 28.2. The SMILES string of the molecule is Cn1cc(CC2(C)CCCN2)cn1. The van der Waals surface area contributed by atoms with Crippen LogP contribution < -0.4 is 5.32 Å². The van der Waals surface area contributed by atoms with E-state index < -0.39 is 0 Å². The molecule has 0 amide bonds. The number of aromatic nitrogens is 2. The molecule has 1 saturated heterocycles. The first-order valence-electron chi connectivity index (χ1n) is 4.91. The molecular weight excluding hydrogens is 162 g/mol. The van der Waals surface area contributed by atoms with Gasteiger partial charge in [0.05, 0.1) is 6.20 Å². The lowest BCUT2D eigenvalue weighted by Gasteiger charge is -2.23. The first kappa shape index (κ1) is 8.75. The lowest BCUT2D eigenvalue weighted by molar-refractivity contribution is 0.412. The molecule has 2 heterocycles. The third-order valence-corrected chi connectivity index (χ3v) is 2.81. The van der Waals surface area contributed by atoms with Gasteiger partial charge in [0, 0.05) is 18.8 Å². The molecule has 1 unspecified atom stereocenters. The molecule has 1 aromatic heterocycles. The molecule has 1 aliphatic heterocycles. The molecule has 1 N–H and O–H groups in total. The van der Waals surface area contributed by atoms with E-state index in [1.54, 1.807) is 0 Å². The molecule has 0 radical (unpaired) electrons. The second-order valence-electron chi connectivity index (χ2n) is 4.29. The second-order valence-corrected chi connectivity index (χ2v) is 4.29. The van der Waals surface area contributed by atoms with Crippen LogP contribution >= 0.6 is 0 Å². The van der Waals surface area contributed by atoms with E-state index in [1.807, 2.05) is 17.9 Å². The van der Waals surface area contributed by atoms with Gasteiger partial charge in [-0.15, -0.1) is 0 Å². The van der Waals surface area contributed by atoms with Crippen LogP contribution in [0.4, 0.5) is 0 Å². The van der Waals surface area contributed by atoms with Crippen molar-refractivity contribution in [3.8, 4) is 0 Å². The molecule has 1 fully saturated rings. The van der Waals surface area contributed by atoms with Gasteiger partial charge in [-0.3, -0.25) is 4.68 Å². The number of nitrogens with one attached hydrogen (secondary N) is 1. The summed E-state index contributed by atoms with van der Waals surface area (Å²) in [7, 11) is 1.97. The predicted molar refractivity (Wildman–Crippen MR) is 52.6 cm³/mol. The Balaban J connectivity index is 2.04. The fourth-order valence-corrected chi connectivity index (χ4v) is 2.12. The third kappa shape index (κ3) is 1.91. The molecule has 1 aromatic rings. The van der Waals surface area contributed by atoms with Gasteiger partial charge in [0.2, 0.25) is 0 Å². The molecule has 0 saturated carbocycles. The van der Waals surface area contributed by atoms with Crippen LogP contribution in [0.3, 0.4) is 0 Å². The average molecular weight is 179 g/mol. The van der Waals surface area contributed by atoms with Crippen molar-refractivity contribution < 1.29 is 0 Å². The van der Waals surface area contributed by atoms with E-state index in [0.29, 0.717) is 5.54 Å². The highest BCUT2D eigenvalue weighted by Crippen LogP contribution is 2.22. The maximum atomic E-state index is 4.18. The van der Waals surface area contributed by atoms with Crippen LogP contribution in [0.15, 0.2) is 12.4 Å². The minimum absolute atomic E-state index is 0.309. The van der Waals surface area contributed by atoms with Crippen LogP contribution in [0.1, 0.15) is 25.3 Å². The van der Waals surface area contributed by atoms with E-state index in [2.05, 4.69) is 23.5 Å². The van der Waals surface area contributed by atoms with Gasteiger partial charge in [-0.1, -0.05) is 0 Å². The maximum Gasteiger partial charge on any atom is 0.0522 e. The van der Waals surface area contributed by atoms with Crippen molar-refractivity contribution >= 4 is 0 Å². The molecule has 2 rings (SSSR count). The quantitative estimate of drug-likeness (QED) is 0.737. The zero-order chi connectivity index (χ0) is 9.31. The van der Waals surface area contributed by atoms with Crippen molar-refractivity contribution in [1.29, 1.82) is 0 Å². The van der Waals surface area contributed by atoms with Crippen LogP contribution in [0.5, 0.6) is 0 Å². The standard InChI is InChI=1S/C10H17N3/c1-10(4-3-5-11-10)6-9-7-12-13(2)8-9/h7-8,11H,3-6H2,1-2H3. The van der Waals surface area contributed by atoms with Gasteiger partial charge < -0.3 is 5.32 Å². The molecule has 0 aromatic carbocycles. The first-order chi connectivity index (χ1) is 6.18. The van der Waals surface area contributed by atoms with Crippen molar-refractivity contribution in [1.82, 2.24) is 15.1 Å². The summed E-state index contributed by atoms with van der Waals surface area (Å²) in [4.78, 5) is 0. The largest absolute Gasteiger partial charge is 0.311 e. The van der Waals surface area contributed by atoms with Crippen molar-refractivity contribution in [2.24, 2.45) is 7.05 Å². The highest BCUT2D eigenvalue weighted by Gasteiger charge is 2.28. The van der Waals surface area contributed by atoms with Gasteiger partial charge in [0.15, 0.2) is 0 Å². The Morgan fingerprint density at radius 3 is 3.08 bits per heavy atom. The van der Waals surface area contributed by atoms with Crippen molar-refractivity contribution in [3.63, 3.8) is 0 Å². The molecule has 0 spiro atoms. The Kier molecular flexibility index (Phi) is 2.12. The maximum absolute atomic E-state index is 4.18. The minimum atomic E-state index is 0.309. The fraction of sp³-hybridized carbons (Fsp3) is 0.700. The van der Waals surface area contributed by atoms with Crippen LogP contribution in [0.25, 0.3) is 0 Å². The summed E-state index contributed by atoms with van der Waals surface area (Å²) < 4.78 is 1.87. The fourth-order valence-electron chi connectivity index (χ4n) is 2.12. The molecule has 0 bridgehead atoms. The van der Waals surface area contributed by atoms with Gasteiger partial charge in [0.25, 0.3) is 0 Å². The lowest BCUT2D eigenvalue weighted by Crippen LogP contribution is -2.38. The van der Waals surface area contributed by atoms with Gasteiger partial charge in [-0.25, -0.2) is 0 Å². The molecule has 13 heavy (non-hydrogen) atoms. The lowest BCUT2D eigenvalue weighted by atomic mass is 9.93. The van der Waals surface area contributed by atoms with Gasteiger partial charge in [-0.2, -0.15) is 5.10 Å². The van der Waals surface area contributed by atoms with Crippen LogP contribution in [0, 0.1) is 0 Å². The molecule has 1 aliphatic rings. The molecule has 3 heteroatoms. The summed E-state index contributed by atoms with van der Waals surface area (Å²) >= 11 is 0. The van der Waals surface area contributed by atoms with Crippen molar-refractivity contribution in [2.75, 3.05) is 6.54 Å². The first-order valence-corrected chi connectivity index (χ1v) is 4.91. The van der Waals surface area contributed by atoms with E-state index in [4.69, 9.17) is 0 Å². The zero-order valence-corrected chi connectivity index (χ0v) is 8.38. The number of nitrogens with zero attached hydrogens (tertiary/aromatic N) is 2. The van der Waals surface area contributed by atoms with E-state index in [9.17, 15) is 0 Å². The van der Waals surface area contributed by atoms with Crippen LogP contribution in [0.2, 0.25) is 0 Å². The van der Waals surface area contributed by atoms with Gasteiger partial charge in [-0.05, 0) is 38.3 Å². The van der Waals surface area contributed by atoms with Crippen LogP contribution in [-0.4, -0.2) is 21.9 Å². The summed E-state index contributed by atoms with van der Waals surface area (Å²) in [5.41, 5.74) is 1.64. The van der Waals surface area contributed by atoms with Crippen molar-refractivity contribution in [3.05, 3.63) is 18.0 Å². The Labute approximate surface area is 79.1 Å². The van der Waals surface area contributed by atoms with E-state index in [-0.39, 0.29) is 0 Å². The predicted octanol–water partition coefficient (Wildman–Crippen LogP) is 1.10. The van der Waals surface area contributed by atoms with Crippen molar-refractivity contribution in [2.45, 2.75) is 31.7 Å². The monoisotopic (exact) mass is 179 g/mol. The Morgan fingerprint density at radius 1 is 1.69 bits per heavy atom. The van der Waals surface area contributed by atoms with E-state index >= 15 is 0 Å². The van der Waals surface area contributed by atoms with E-state index in [0.717, 1.165) is 13.0 Å². The number of hydrogen-bond acceptors (Lipinski definition) is 2. The van der Waals surface area contributed by atoms with E-state index in [1.165, 1.54) is 18.4 Å². The van der Waals surface area contributed by atoms with Crippen LogP contribution in [-0.2, 0) is 13.5 Å². The molecule has 72 valence electrons. The Hall–Kier alpha value is -0.830. The Morgan fingerprint density at radius 2 is 2.54 bits per heavy atom. The highest BCUT2D eigenvalue weighted by molar-refractivity contribution is 5.10. The summed E-state index contributed by atoms with van der Waals surface area (Å²) in [6, 6.07) is 0. The number of rotatable bonds is 2. The minimum Gasteiger partial charge on any atom is -0.311 e. The molecule has 3 nitrogen and oxygen atoms in total. The molecular formula is C10H17N3. The topological polar surface area (TPSA) is 29.9 Å². The molecule has 1 atom stereocenters. The average Bonchev–Trinajstić information content (AvgIpc) is 2.62. The smallest absolute Gasteiger partial charge is 0.0522 e. The Bertz CT molecular complexity index is 284. The number of aryl methyl sites for hydroxylation is 1. The number of hydrogen-bond donors (Lipinski definition) is 1. The zero-order valence-electron chi connectivity index (χ0n) is 8.38.